The first kappa shape index (κ1) is 16.6. The van der Waals surface area contributed by atoms with E-state index >= 15 is 0 Å². The molecule has 1 aromatic heterocycles. The van der Waals surface area contributed by atoms with Crippen molar-refractivity contribution < 1.29 is 9.53 Å². The highest BCUT2D eigenvalue weighted by atomic mass is 16.5. The Morgan fingerprint density at radius 3 is 2.80 bits per heavy atom. The van der Waals surface area contributed by atoms with Crippen LogP contribution in [-0.2, 0) is 11.3 Å². The molecule has 0 aliphatic carbocycles. The Kier molecular flexibility index (Phi) is 5.03. The van der Waals surface area contributed by atoms with Gasteiger partial charge in [-0.1, -0.05) is 30.3 Å². The maximum absolute atomic E-state index is 12.3. The lowest BCUT2D eigenvalue weighted by molar-refractivity contribution is -0.132. The smallest absolute Gasteiger partial charge is 0.260 e. The number of amides is 1. The summed E-state index contributed by atoms with van der Waals surface area (Å²) in [6, 6.07) is 15.3. The minimum Gasteiger partial charge on any atom is -0.484 e. The number of carbonyl (C=O) groups is 1. The summed E-state index contributed by atoms with van der Waals surface area (Å²) in [4.78, 5) is 14.0. The zero-order valence-electron chi connectivity index (χ0n) is 14.2. The van der Waals surface area contributed by atoms with Gasteiger partial charge < -0.3 is 9.64 Å². The van der Waals surface area contributed by atoms with Crippen LogP contribution in [0.15, 0.2) is 54.9 Å². The summed E-state index contributed by atoms with van der Waals surface area (Å²) in [5, 5.41) is 11.0. The Morgan fingerprint density at radius 1 is 1.20 bits per heavy atom. The van der Waals surface area contributed by atoms with Gasteiger partial charge in [0.25, 0.3) is 5.91 Å². The third-order valence-electron chi connectivity index (χ3n) is 3.89. The molecule has 7 heteroatoms. The van der Waals surface area contributed by atoms with Gasteiger partial charge in [-0.2, -0.15) is 0 Å². The normalized spacial score (nSPS) is 10.5. The Morgan fingerprint density at radius 2 is 2.04 bits per heavy atom. The Hall–Kier alpha value is -3.22. The van der Waals surface area contributed by atoms with E-state index in [1.807, 2.05) is 43.3 Å². The van der Waals surface area contributed by atoms with Crippen LogP contribution in [0, 0.1) is 6.92 Å². The van der Waals surface area contributed by atoms with Gasteiger partial charge in [-0.3, -0.25) is 4.79 Å². The lowest BCUT2D eigenvalue weighted by atomic mass is 10.1. The van der Waals surface area contributed by atoms with Crippen molar-refractivity contribution in [2.45, 2.75) is 13.5 Å². The number of likely N-dealkylation sites (N-methyl/N-ethyl adjacent to an activating group) is 1. The van der Waals surface area contributed by atoms with Crippen molar-refractivity contribution in [3.63, 3.8) is 0 Å². The molecule has 0 radical (unpaired) electrons. The fourth-order valence-corrected chi connectivity index (χ4v) is 2.38. The molecular weight excluding hydrogens is 318 g/mol. The molecule has 3 rings (SSSR count). The molecular formula is C18H19N5O2. The van der Waals surface area contributed by atoms with Gasteiger partial charge >= 0.3 is 0 Å². The highest BCUT2D eigenvalue weighted by Crippen LogP contribution is 2.16. The van der Waals surface area contributed by atoms with Crippen molar-refractivity contribution in [3.05, 3.63) is 66.0 Å². The molecule has 7 nitrogen and oxygen atoms in total. The average Bonchev–Trinajstić information content (AvgIpc) is 3.16. The van der Waals surface area contributed by atoms with Gasteiger partial charge in [0.2, 0.25) is 0 Å². The van der Waals surface area contributed by atoms with Gasteiger partial charge in [0.1, 0.15) is 12.1 Å². The number of hydrogen-bond donors (Lipinski definition) is 0. The molecule has 2 aromatic carbocycles. The number of ether oxygens (including phenoxy) is 1. The highest BCUT2D eigenvalue weighted by Gasteiger charge is 2.11. The maximum Gasteiger partial charge on any atom is 0.260 e. The molecule has 1 heterocycles. The molecule has 0 atom stereocenters. The molecule has 0 unspecified atom stereocenters. The Balaban J connectivity index is 1.59. The minimum absolute atomic E-state index is 0.0263. The van der Waals surface area contributed by atoms with E-state index < -0.39 is 0 Å². The molecule has 0 N–H and O–H groups in total. The molecule has 0 saturated heterocycles. The van der Waals surface area contributed by atoms with E-state index in [2.05, 4.69) is 15.5 Å². The predicted octanol–water partition coefficient (Wildman–Crippen LogP) is 2.01. The van der Waals surface area contributed by atoms with E-state index in [0.29, 0.717) is 12.3 Å². The van der Waals surface area contributed by atoms with Gasteiger partial charge in [-0.05, 0) is 40.6 Å². The van der Waals surface area contributed by atoms with Gasteiger partial charge in [-0.25, -0.2) is 4.68 Å². The standard InChI is InChI=1S/C18H19N5O2/c1-14-6-3-4-7-15(14)11-22(2)18(24)12-25-17-9-5-8-16(10-17)23-13-19-20-21-23/h3-10,13H,11-12H2,1-2H3. The van der Waals surface area contributed by atoms with Gasteiger partial charge in [0.05, 0.1) is 5.69 Å². The van der Waals surface area contributed by atoms with Gasteiger partial charge in [0.15, 0.2) is 6.61 Å². The number of tetrazole rings is 1. The van der Waals surface area contributed by atoms with Crippen molar-refractivity contribution in [3.8, 4) is 11.4 Å². The molecule has 128 valence electrons. The number of rotatable bonds is 6. The first-order valence-corrected chi connectivity index (χ1v) is 7.88. The third kappa shape index (κ3) is 4.20. The summed E-state index contributed by atoms with van der Waals surface area (Å²) in [6.45, 7) is 2.57. The van der Waals surface area contributed by atoms with Crippen LogP contribution in [0.25, 0.3) is 5.69 Å². The molecule has 0 fully saturated rings. The van der Waals surface area contributed by atoms with E-state index in [-0.39, 0.29) is 12.5 Å². The monoisotopic (exact) mass is 337 g/mol. The summed E-state index contributed by atoms with van der Waals surface area (Å²) in [5.74, 6) is 0.502. The van der Waals surface area contributed by atoms with Gasteiger partial charge in [0, 0.05) is 19.7 Å². The average molecular weight is 337 g/mol. The minimum atomic E-state index is -0.0870. The zero-order valence-corrected chi connectivity index (χ0v) is 14.2. The zero-order chi connectivity index (χ0) is 17.6. The second kappa shape index (κ2) is 7.57. The van der Waals surface area contributed by atoms with Crippen LogP contribution < -0.4 is 4.74 Å². The molecule has 0 aliphatic rings. The second-order valence-electron chi connectivity index (χ2n) is 5.72. The summed E-state index contributed by atoms with van der Waals surface area (Å²) in [7, 11) is 1.77. The molecule has 1 amide bonds. The maximum atomic E-state index is 12.3. The number of aryl methyl sites for hydroxylation is 1. The van der Waals surface area contributed by atoms with Crippen LogP contribution in [0.4, 0.5) is 0 Å². The SMILES string of the molecule is Cc1ccccc1CN(C)C(=O)COc1cccc(-n2cnnn2)c1. The van der Waals surface area contributed by atoms with Gasteiger partial charge in [-0.15, -0.1) is 5.10 Å². The van der Waals surface area contributed by atoms with Crippen LogP contribution in [0.2, 0.25) is 0 Å². The molecule has 0 bridgehead atoms. The fraction of sp³-hybridized carbons (Fsp3) is 0.222. The summed E-state index contributed by atoms with van der Waals surface area (Å²) < 4.78 is 7.15. The molecule has 0 spiro atoms. The van der Waals surface area contributed by atoms with Crippen LogP contribution in [0.1, 0.15) is 11.1 Å². The quantitative estimate of drug-likeness (QED) is 0.688. The topological polar surface area (TPSA) is 73.1 Å². The Labute approximate surface area is 145 Å². The lowest BCUT2D eigenvalue weighted by Gasteiger charge is -2.19. The van der Waals surface area contributed by atoms with Crippen molar-refractivity contribution in [2.75, 3.05) is 13.7 Å². The van der Waals surface area contributed by atoms with Crippen molar-refractivity contribution in [1.82, 2.24) is 25.1 Å². The van der Waals surface area contributed by atoms with Crippen molar-refractivity contribution in [1.29, 1.82) is 0 Å². The Bertz CT molecular complexity index is 848. The number of hydrogen-bond acceptors (Lipinski definition) is 5. The largest absolute Gasteiger partial charge is 0.484 e. The number of carbonyl (C=O) groups excluding carboxylic acids is 1. The van der Waals surface area contributed by atoms with Crippen LogP contribution in [0.3, 0.4) is 0 Å². The van der Waals surface area contributed by atoms with E-state index in [1.165, 1.54) is 11.0 Å². The number of benzene rings is 2. The summed E-state index contributed by atoms with van der Waals surface area (Å²) in [6.07, 6.45) is 1.50. The van der Waals surface area contributed by atoms with E-state index in [4.69, 9.17) is 4.74 Å². The van der Waals surface area contributed by atoms with E-state index in [1.54, 1.807) is 24.1 Å². The van der Waals surface area contributed by atoms with Crippen LogP contribution in [0.5, 0.6) is 5.75 Å². The van der Waals surface area contributed by atoms with E-state index in [0.717, 1.165) is 16.8 Å². The molecule has 25 heavy (non-hydrogen) atoms. The lowest BCUT2D eigenvalue weighted by Crippen LogP contribution is -2.31. The predicted molar refractivity (Wildman–Crippen MR) is 92.3 cm³/mol. The number of aromatic nitrogens is 4. The van der Waals surface area contributed by atoms with Crippen molar-refractivity contribution in [2.24, 2.45) is 0 Å². The molecule has 3 aromatic rings. The highest BCUT2D eigenvalue weighted by molar-refractivity contribution is 5.77. The number of nitrogens with zero attached hydrogens (tertiary/aromatic N) is 5. The summed E-state index contributed by atoms with van der Waals surface area (Å²) in [5.41, 5.74) is 3.06. The third-order valence-corrected chi connectivity index (χ3v) is 3.89. The van der Waals surface area contributed by atoms with E-state index in [9.17, 15) is 4.79 Å². The molecule has 0 aliphatic heterocycles. The van der Waals surface area contributed by atoms with Crippen LogP contribution in [-0.4, -0.2) is 44.7 Å². The first-order chi connectivity index (χ1) is 12.1. The summed E-state index contributed by atoms with van der Waals surface area (Å²) >= 11 is 0. The fourth-order valence-electron chi connectivity index (χ4n) is 2.38. The second-order valence-corrected chi connectivity index (χ2v) is 5.72. The van der Waals surface area contributed by atoms with Crippen LogP contribution >= 0.6 is 0 Å². The molecule has 0 saturated carbocycles. The van der Waals surface area contributed by atoms with Crippen molar-refractivity contribution >= 4 is 5.91 Å². The first-order valence-electron chi connectivity index (χ1n) is 7.88.